The van der Waals surface area contributed by atoms with Crippen LogP contribution in [0.1, 0.15) is 18.2 Å². The number of rotatable bonds is 7. The molecule has 0 radical (unpaired) electrons. The van der Waals surface area contributed by atoms with E-state index in [1.807, 2.05) is 11.4 Å². The van der Waals surface area contributed by atoms with Gasteiger partial charge in [0.2, 0.25) is 15.9 Å². The Bertz CT molecular complexity index is 700. The molecule has 0 unspecified atom stereocenters. The predicted octanol–water partition coefficient (Wildman–Crippen LogP) is 1.27. The first-order valence-electron chi connectivity index (χ1n) is 6.65. The number of thiazole rings is 1. The lowest BCUT2D eigenvalue weighted by molar-refractivity contribution is -0.122. The first-order valence-corrected chi connectivity index (χ1v) is 9.24. The first kappa shape index (κ1) is 16.6. The highest BCUT2D eigenvalue weighted by Crippen LogP contribution is 2.05. The van der Waals surface area contributed by atoms with E-state index >= 15 is 0 Å². The number of nitrogens with one attached hydrogen (secondary N) is 2. The van der Waals surface area contributed by atoms with Gasteiger partial charge in [-0.25, -0.2) is 18.1 Å². The molecule has 0 fully saturated rings. The maximum Gasteiger partial charge on any atom is 0.238 e. The molecule has 0 spiro atoms. The quantitative estimate of drug-likeness (QED) is 0.795. The van der Waals surface area contributed by atoms with E-state index in [1.165, 1.54) is 18.3 Å². The average molecular weight is 339 g/mol. The highest BCUT2D eigenvalue weighted by Gasteiger charge is 2.20. The lowest BCUT2D eigenvalue weighted by Gasteiger charge is -2.14. The number of sulfonamides is 1. The fourth-order valence-corrected chi connectivity index (χ4v) is 3.73. The molecule has 2 rings (SSSR count). The summed E-state index contributed by atoms with van der Waals surface area (Å²) in [5.74, 6) is -0.540. The number of amides is 1. The summed E-state index contributed by atoms with van der Waals surface area (Å²) in [6.07, 6.45) is 0. The molecule has 1 aromatic carbocycles. The molecule has 0 aliphatic carbocycles. The van der Waals surface area contributed by atoms with Crippen molar-refractivity contribution in [2.75, 3.05) is 0 Å². The molecule has 22 heavy (non-hydrogen) atoms. The maximum absolute atomic E-state index is 12.0. The molecule has 0 aliphatic heterocycles. The van der Waals surface area contributed by atoms with Gasteiger partial charge < -0.3 is 5.32 Å². The van der Waals surface area contributed by atoms with Crippen LogP contribution in [0.3, 0.4) is 0 Å². The Balaban J connectivity index is 1.86. The van der Waals surface area contributed by atoms with Crippen molar-refractivity contribution in [3.05, 3.63) is 52.5 Å². The molecule has 2 aromatic rings. The smallest absolute Gasteiger partial charge is 0.238 e. The first-order chi connectivity index (χ1) is 10.5. The van der Waals surface area contributed by atoms with E-state index in [1.54, 1.807) is 29.8 Å². The molecule has 1 atom stereocenters. The number of hydrogen-bond donors (Lipinski definition) is 2. The average Bonchev–Trinajstić information content (AvgIpc) is 2.98. The van der Waals surface area contributed by atoms with Crippen molar-refractivity contribution in [1.29, 1.82) is 0 Å². The molecule has 0 aliphatic rings. The monoisotopic (exact) mass is 339 g/mol. The Hall–Kier alpha value is -1.77. The van der Waals surface area contributed by atoms with Gasteiger partial charge in [-0.2, -0.15) is 0 Å². The largest absolute Gasteiger partial charge is 0.349 e. The minimum Gasteiger partial charge on any atom is -0.349 e. The van der Waals surface area contributed by atoms with E-state index in [0.717, 1.165) is 5.69 Å². The van der Waals surface area contributed by atoms with Gasteiger partial charge in [-0.1, -0.05) is 30.3 Å². The van der Waals surface area contributed by atoms with E-state index in [4.69, 9.17) is 0 Å². The highest BCUT2D eigenvalue weighted by atomic mass is 32.2. The van der Waals surface area contributed by atoms with Crippen molar-refractivity contribution in [3.63, 3.8) is 0 Å². The van der Waals surface area contributed by atoms with Gasteiger partial charge in [0.25, 0.3) is 0 Å². The number of benzene rings is 1. The summed E-state index contributed by atoms with van der Waals surface area (Å²) in [5.41, 5.74) is 3.09. The zero-order chi connectivity index (χ0) is 16.0. The topological polar surface area (TPSA) is 88.2 Å². The van der Waals surface area contributed by atoms with Crippen LogP contribution in [0.2, 0.25) is 0 Å². The molecule has 2 N–H and O–H groups in total. The van der Waals surface area contributed by atoms with Crippen LogP contribution in [0.15, 0.2) is 41.2 Å². The van der Waals surface area contributed by atoms with Crippen LogP contribution in [-0.4, -0.2) is 25.4 Å². The summed E-state index contributed by atoms with van der Waals surface area (Å²) < 4.78 is 26.5. The second-order valence-corrected chi connectivity index (χ2v) is 7.25. The molecule has 1 aromatic heterocycles. The number of nitrogens with zero attached hydrogens (tertiary/aromatic N) is 1. The molecule has 0 saturated heterocycles. The minimum absolute atomic E-state index is 0.155. The van der Waals surface area contributed by atoms with Gasteiger partial charge >= 0.3 is 0 Å². The lowest BCUT2D eigenvalue weighted by atomic mass is 10.2. The molecular weight excluding hydrogens is 322 g/mol. The Kier molecular flexibility index (Phi) is 5.64. The van der Waals surface area contributed by atoms with Crippen LogP contribution in [0, 0.1) is 0 Å². The van der Waals surface area contributed by atoms with E-state index in [9.17, 15) is 13.2 Å². The van der Waals surface area contributed by atoms with E-state index < -0.39 is 16.1 Å². The zero-order valence-corrected chi connectivity index (χ0v) is 13.7. The normalized spacial score (nSPS) is 12.8. The van der Waals surface area contributed by atoms with Gasteiger partial charge in [-0.05, 0) is 12.5 Å². The highest BCUT2D eigenvalue weighted by molar-refractivity contribution is 7.88. The van der Waals surface area contributed by atoms with Gasteiger partial charge in [0, 0.05) is 5.38 Å². The second kappa shape index (κ2) is 7.48. The van der Waals surface area contributed by atoms with Gasteiger partial charge in [0.1, 0.15) is 0 Å². The zero-order valence-electron chi connectivity index (χ0n) is 12.0. The van der Waals surface area contributed by atoms with Crippen LogP contribution in [0.25, 0.3) is 0 Å². The van der Waals surface area contributed by atoms with Crippen molar-refractivity contribution >= 4 is 27.3 Å². The van der Waals surface area contributed by atoms with Crippen LogP contribution < -0.4 is 10.0 Å². The van der Waals surface area contributed by atoms with Crippen molar-refractivity contribution < 1.29 is 13.2 Å². The van der Waals surface area contributed by atoms with Crippen molar-refractivity contribution in [2.24, 2.45) is 0 Å². The third-order valence-electron chi connectivity index (χ3n) is 2.88. The molecule has 6 nitrogen and oxygen atoms in total. The summed E-state index contributed by atoms with van der Waals surface area (Å²) >= 11 is 1.44. The van der Waals surface area contributed by atoms with Gasteiger partial charge in [0.15, 0.2) is 0 Å². The lowest BCUT2D eigenvalue weighted by Crippen LogP contribution is -2.44. The number of hydrogen-bond acceptors (Lipinski definition) is 5. The summed E-state index contributed by atoms with van der Waals surface area (Å²) in [4.78, 5) is 15.9. The molecule has 1 heterocycles. The van der Waals surface area contributed by atoms with Crippen LogP contribution in [0.4, 0.5) is 0 Å². The third-order valence-corrected chi connectivity index (χ3v) is 4.94. The fraction of sp³-hybridized carbons (Fsp3) is 0.286. The summed E-state index contributed by atoms with van der Waals surface area (Å²) in [6.45, 7) is 1.80. The van der Waals surface area contributed by atoms with E-state index in [2.05, 4.69) is 15.0 Å². The standard InChI is InChI=1S/C14H17N3O3S2/c1-11(14(18)15-7-13-8-21-10-16-13)17-22(19,20)9-12-5-3-2-4-6-12/h2-6,8,10-11,17H,7,9H2,1H3,(H,15,18)/t11-/m0/s1. The molecule has 118 valence electrons. The Labute approximate surface area is 133 Å². The summed E-state index contributed by atoms with van der Waals surface area (Å²) in [6, 6.07) is 7.98. The third kappa shape index (κ3) is 5.21. The van der Waals surface area contributed by atoms with Gasteiger partial charge in [-0.3, -0.25) is 4.79 Å². The second-order valence-electron chi connectivity index (χ2n) is 4.78. The maximum atomic E-state index is 12.0. The molecule has 1 amide bonds. The molecule has 8 heteroatoms. The Morgan fingerprint density at radius 1 is 1.32 bits per heavy atom. The SMILES string of the molecule is C[C@H](NS(=O)(=O)Cc1ccccc1)C(=O)NCc1cscn1. The van der Waals surface area contributed by atoms with Crippen LogP contribution in [-0.2, 0) is 27.1 Å². The van der Waals surface area contributed by atoms with Crippen LogP contribution >= 0.6 is 11.3 Å². The number of carbonyl (C=O) groups is 1. The van der Waals surface area contributed by atoms with Crippen molar-refractivity contribution in [3.8, 4) is 0 Å². The van der Waals surface area contributed by atoms with E-state index in [0.29, 0.717) is 5.56 Å². The fourth-order valence-electron chi connectivity index (χ4n) is 1.81. The van der Waals surface area contributed by atoms with Crippen molar-refractivity contribution in [2.45, 2.75) is 25.3 Å². The summed E-state index contributed by atoms with van der Waals surface area (Å²) in [5, 5.41) is 4.47. The molecule has 0 saturated carbocycles. The van der Waals surface area contributed by atoms with E-state index in [-0.39, 0.29) is 18.2 Å². The van der Waals surface area contributed by atoms with Crippen LogP contribution in [0.5, 0.6) is 0 Å². The van der Waals surface area contributed by atoms with Gasteiger partial charge in [-0.15, -0.1) is 11.3 Å². The van der Waals surface area contributed by atoms with Crippen molar-refractivity contribution in [1.82, 2.24) is 15.0 Å². The predicted molar refractivity (Wildman–Crippen MR) is 85.6 cm³/mol. The van der Waals surface area contributed by atoms with Gasteiger partial charge in [0.05, 0.1) is 29.5 Å². The minimum atomic E-state index is -3.58. The Morgan fingerprint density at radius 2 is 2.05 bits per heavy atom. The Morgan fingerprint density at radius 3 is 2.68 bits per heavy atom. The molecule has 0 bridgehead atoms. The number of aromatic nitrogens is 1. The summed E-state index contributed by atoms with van der Waals surface area (Å²) in [7, 11) is -3.58. The number of carbonyl (C=O) groups excluding carboxylic acids is 1. The molecular formula is C14H17N3O3S2.